The first-order valence-electron chi connectivity index (χ1n) is 8.85. The molecule has 0 unspecified atom stereocenters. The Labute approximate surface area is 159 Å². The fraction of sp³-hybridized carbons (Fsp3) is 0.421. The number of hydrogen-bond donors (Lipinski definition) is 1. The van der Waals surface area contributed by atoms with Crippen molar-refractivity contribution in [1.82, 2.24) is 9.62 Å². The summed E-state index contributed by atoms with van der Waals surface area (Å²) in [6, 6.07) is 13.2. The molecule has 1 fully saturated rings. The number of carbonyl (C=O) groups is 1. The van der Waals surface area contributed by atoms with Gasteiger partial charge in [0.1, 0.15) is 4.21 Å². The van der Waals surface area contributed by atoms with E-state index in [1.807, 2.05) is 37.3 Å². The van der Waals surface area contributed by atoms with Crippen LogP contribution in [0.3, 0.4) is 0 Å². The van der Waals surface area contributed by atoms with Gasteiger partial charge < -0.3 is 5.32 Å². The summed E-state index contributed by atoms with van der Waals surface area (Å²) in [6.07, 6.45) is 1.89. The standard InChI is InChI=1S/C19H24N2O3S2/c1-15(17-6-3-2-4-7-17)20-18(22)14-16-9-11-21(12-10-16)26(23,24)19-8-5-13-25-19/h2-8,13,15-16H,9-12,14H2,1H3,(H,20,22)/t15-/m0/s1. The fourth-order valence-electron chi connectivity index (χ4n) is 3.28. The lowest BCUT2D eigenvalue weighted by atomic mass is 9.94. The van der Waals surface area contributed by atoms with E-state index in [0.717, 1.165) is 18.4 Å². The molecule has 3 rings (SSSR count). The normalized spacial score (nSPS) is 17.7. The van der Waals surface area contributed by atoms with E-state index in [4.69, 9.17) is 0 Å². The molecule has 7 heteroatoms. The van der Waals surface area contributed by atoms with Gasteiger partial charge in [0.05, 0.1) is 6.04 Å². The van der Waals surface area contributed by atoms with Crippen LogP contribution in [0.4, 0.5) is 0 Å². The van der Waals surface area contributed by atoms with Crippen LogP contribution in [0.15, 0.2) is 52.1 Å². The van der Waals surface area contributed by atoms with Gasteiger partial charge in [-0.05, 0) is 42.7 Å². The first-order valence-corrected chi connectivity index (χ1v) is 11.2. The molecule has 2 aromatic rings. The number of piperidine rings is 1. The minimum absolute atomic E-state index is 0.0250. The molecule has 2 heterocycles. The van der Waals surface area contributed by atoms with Crippen molar-refractivity contribution in [3.63, 3.8) is 0 Å². The molecule has 1 amide bonds. The number of sulfonamides is 1. The lowest BCUT2D eigenvalue weighted by molar-refractivity contribution is -0.122. The van der Waals surface area contributed by atoms with Crippen molar-refractivity contribution in [3.8, 4) is 0 Å². The maximum Gasteiger partial charge on any atom is 0.252 e. The Bertz CT molecular complexity index is 812. The number of hydrogen-bond acceptors (Lipinski definition) is 4. The highest BCUT2D eigenvalue weighted by Crippen LogP contribution is 2.27. The Morgan fingerprint density at radius 1 is 1.19 bits per heavy atom. The summed E-state index contributed by atoms with van der Waals surface area (Å²) in [7, 11) is -3.37. The first kappa shape index (κ1) is 19.1. The molecule has 1 saturated heterocycles. The summed E-state index contributed by atoms with van der Waals surface area (Å²) in [6.45, 7) is 2.93. The van der Waals surface area contributed by atoms with Gasteiger partial charge in [-0.2, -0.15) is 4.31 Å². The quantitative estimate of drug-likeness (QED) is 0.819. The highest BCUT2D eigenvalue weighted by Gasteiger charge is 2.30. The van der Waals surface area contributed by atoms with Crippen LogP contribution in [0, 0.1) is 5.92 Å². The number of benzene rings is 1. The van der Waals surface area contributed by atoms with E-state index in [0.29, 0.717) is 23.7 Å². The van der Waals surface area contributed by atoms with Crippen molar-refractivity contribution >= 4 is 27.3 Å². The van der Waals surface area contributed by atoms with Gasteiger partial charge in [-0.25, -0.2) is 8.42 Å². The van der Waals surface area contributed by atoms with E-state index in [2.05, 4.69) is 5.32 Å². The van der Waals surface area contributed by atoms with E-state index >= 15 is 0 Å². The van der Waals surface area contributed by atoms with Crippen LogP contribution in [0.25, 0.3) is 0 Å². The second-order valence-corrected chi connectivity index (χ2v) is 9.80. The lowest BCUT2D eigenvalue weighted by Crippen LogP contribution is -2.39. The van der Waals surface area contributed by atoms with Crippen LogP contribution in [0.1, 0.15) is 37.8 Å². The first-order chi connectivity index (χ1) is 12.5. The Morgan fingerprint density at radius 2 is 1.88 bits per heavy atom. The molecule has 140 valence electrons. The smallest absolute Gasteiger partial charge is 0.252 e. The highest BCUT2D eigenvalue weighted by atomic mass is 32.2. The summed E-state index contributed by atoms with van der Waals surface area (Å²) in [4.78, 5) is 12.3. The van der Waals surface area contributed by atoms with Crippen molar-refractivity contribution in [2.75, 3.05) is 13.1 Å². The summed E-state index contributed by atoms with van der Waals surface area (Å²) in [5.74, 6) is 0.258. The van der Waals surface area contributed by atoms with E-state index in [1.54, 1.807) is 21.8 Å². The SMILES string of the molecule is C[C@H](NC(=O)CC1CCN(S(=O)(=O)c2cccs2)CC1)c1ccccc1. The monoisotopic (exact) mass is 392 g/mol. The molecule has 0 aliphatic carbocycles. The zero-order chi connectivity index (χ0) is 18.6. The summed E-state index contributed by atoms with van der Waals surface area (Å²) in [5.41, 5.74) is 1.08. The highest BCUT2D eigenvalue weighted by molar-refractivity contribution is 7.91. The van der Waals surface area contributed by atoms with Gasteiger partial charge in [0.25, 0.3) is 10.0 Å². The number of nitrogens with zero attached hydrogens (tertiary/aromatic N) is 1. The molecular formula is C19H24N2O3S2. The van der Waals surface area contributed by atoms with Crippen molar-refractivity contribution in [3.05, 3.63) is 53.4 Å². The van der Waals surface area contributed by atoms with Crippen LogP contribution in [0.2, 0.25) is 0 Å². The predicted molar refractivity (Wildman–Crippen MR) is 103 cm³/mol. The zero-order valence-corrected chi connectivity index (χ0v) is 16.4. The van der Waals surface area contributed by atoms with Crippen molar-refractivity contribution in [2.45, 2.75) is 36.4 Å². The fourth-order valence-corrected chi connectivity index (χ4v) is 5.89. The number of carbonyl (C=O) groups excluding carboxylic acids is 1. The molecule has 1 aliphatic rings. The van der Waals surface area contributed by atoms with Crippen LogP contribution in [0.5, 0.6) is 0 Å². The molecule has 1 atom stereocenters. The molecule has 0 saturated carbocycles. The van der Waals surface area contributed by atoms with Crippen molar-refractivity contribution in [2.24, 2.45) is 5.92 Å². The maximum atomic E-state index is 12.5. The van der Waals surface area contributed by atoms with Crippen LogP contribution >= 0.6 is 11.3 Å². The Balaban J connectivity index is 1.49. The van der Waals surface area contributed by atoms with Crippen molar-refractivity contribution in [1.29, 1.82) is 0 Å². The van der Waals surface area contributed by atoms with Gasteiger partial charge in [0, 0.05) is 19.5 Å². The minimum Gasteiger partial charge on any atom is -0.350 e. The third-order valence-corrected chi connectivity index (χ3v) is 8.09. The Hall–Kier alpha value is -1.70. The van der Waals surface area contributed by atoms with Gasteiger partial charge >= 0.3 is 0 Å². The van der Waals surface area contributed by atoms with E-state index in [1.165, 1.54) is 11.3 Å². The topological polar surface area (TPSA) is 66.5 Å². The average molecular weight is 393 g/mol. The molecule has 1 N–H and O–H groups in total. The number of amides is 1. The number of nitrogens with one attached hydrogen (secondary N) is 1. The zero-order valence-electron chi connectivity index (χ0n) is 14.8. The van der Waals surface area contributed by atoms with Gasteiger partial charge in [-0.3, -0.25) is 4.79 Å². The van der Waals surface area contributed by atoms with E-state index in [9.17, 15) is 13.2 Å². The molecule has 1 aromatic heterocycles. The molecule has 26 heavy (non-hydrogen) atoms. The molecule has 1 aliphatic heterocycles. The number of rotatable bonds is 6. The molecule has 0 spiro atoms. The van der Waals surface area contributed by atoms with Crippen molar-refractivity contribution < 1.29 is 13.2 Å². The average Bonchev–Trinajstić information content (AvgIpc) is 3.18. The predicted octanol–water partition coefficient (Wildman–Crippen LogP) is 3.42. The van der Waals surface area contributed by atoms with Gasteiger partial charge in [-0.15, -0.1) is 11.3 Å². The maximum absolute atomic E-state index is 12.5. The largest absolute Gasteiger partial charge is 0.350 e. The molecule has 1 aromatic carbocycles. The van der Waals surface area contributed by atoms with Crippen LogP contribution in [-0.4, -0.2) is 31.7 Å². The lowest BCUT2D eigenvalue weighted by Gasteiger charge is -2.30. The summed E-state index contributed by atoms with van der Waals surface area (Å²) in [5, 5.41) is 4.81. The van der Waals surface area contributed by atoms with Gasteiger partial charge in [0.2, 0.25) is 5.91 Å². The van der Waals surface area contributed by atoms with Gasteiger partial charge in [0.15, 0.2) is 0 Å². The molecule has 0 bridgehead atoms. The second kappa shape index (κ2) is 8.33. The molecule has 5 nitrogen and oxygen atoms in total. The Kier molecular flexibility index (Phi) is 6.11. The minimum atomic E-state index is -3.37. The number of thiophene rings is 1. The van der Waals surface area contributed by atoms with E-state index < -0.39 is 10.0 Å². The van der Waals surface area contributed by atoms with Crippen LogP contribution < -0.4 is 5.32 Å². The van der Waals surface area contributed by atoms with Crippen LogP contribution in [-0.2, 0) is 14.8 Å². The molecular weight excluding hydrogens is 368 g/mol. The molecule has 0 radical (unpaired) electrons. The third kappa shape index (κ3) is 4.52. The summed E-state index contributed by atoms with van der Waals surface area (Å²) >= 11 is 1.25. The van der Waals surface area contributed by atoms with Gasteiger partial charge in [-0.1, -0.05) is 36.4 Å². The third-order valence-electron chi connectivity index (χ3n) is 4.81. The second-order valence-electron chi connectivity index (χ2n) is 6.68. The Morgan fingerprint density at radius 3 is 2.50 bits per heavy atom. The summed E-state index contributed by atoms with van der Waals surface area (Å²) < 4.78 is 27.0. The van der Waals surface area contributed by atoms with E-state index in [-0.39, 0.29) is 17.9 Å².